The fourth-order valence-corrected chi connectivity index (χ4v) is 1.88. The quantitative estimate of drug-likeness (QED) is 0.453. The molecule has 0 spiro atoms. The Labute approximate surface area is 116 Å². The summed E-state index contributed by atoms with van der Waals surface area (Å²) in [5, 5.41) is 2.90. The van der Waals surface area contributed by atoms with Crippen molar-refractivity contribution in [2.75, 3.05) is 11.1 Å². The van der Waals surface area contributed by atoms with E-state index >= 15 is 0 Å². The van der Waals surface area contributed by atoms with Gasteiger partial charge in [0.2, 0.25) is 0 Å². The largest absolute Gasteiger partial charge is 0.398 e. The Morgan fingerprint density at radius 2 is 1.58 bits per heavy atom. The molecule has 0 aliphatic rings. The van der Waals surface area contributed by atoms with Crippen molar-refractivity contribution in [3.63, 3.8) is 0 Å². The molecule has 5 N–H and O–H groups in total. The fourth-order valence-electron chi connectivity index (χ4n) is 1.77. The number of nitrogens with two attached hydrogens (primary N) is 2. The summed E-state index contributed by atoms with van der Waals surface area (Å²) >= 11 is 4.80. The number of anilines is 2. The highest BCUT2D eigenvalue weighted by Crippen LogP contribution is 2.22. The first-order valence-electron chi connectivity index (χ1n) is 5.64. The van der Waals surface area contributed by atoms with Crippen LogP contribution in [0.2, 0.25) is 0 Å². The molecule has 0 saturated heterocycles. The van der Waals surface area contributed by atoms with E-state index in [-0.39, 0.29) is 10.9 Å². The highest BCUT2D eigenvalue weighted by molar-refractivity contribution is 7.80. The number of rotatable bonds is 3. The molecular formula is C14H13N3OS. The average molecular weight is 271 g/mol. The molecule has 0 heterocycles. The summed E-state index contributed by atoms with van der Waals surface area (Å²) in [6.45, 7) is 0. The Bertz CT molecular complexity index is 640. The molecule has 4 nitrogen and oxygen atoms in total. The van der Waals surface area contributed by atoms with Gasteiger partial charge >= 0.3 is 0 Å². The maximum absolute atomic E-state index is 12.5. The number of carbonyl (C=O) groups is 1. The van der Waals surface area contributed by atoms with Crippen LogP contribution < -0.4 is 16.8 Å². The summed E-state index contributed by atoms with van der Waals surface area (Å²) in [6, 6.07) is 14.0. The van der Waals surface area contributed by atoms with E-state index in [1.807, 2.05) is 0 Å². The van der Waals surface area contributed by atoms with Crippen LogP contribution in [0.4, 0.5) is 11.4 Å². The van der Waals surface area contributed by atoms with Crippen molar-refractivity contribution < 1.29 is 4.79 Å². The van der Waals surface area contributed by atoms with Gasteiger partial charge in [0, 0.05) is 16.8 Å². The lowest BCUT2D eigenvalue weighted by molar-refractivity contribution is 0.104. The molecule has 0 aliphatic carbocycles. The molecule has 0 aliphatic heterocycles. The number of ketones is 1. The molecular weight excluding hydrogens is 258 g/mol. The summed E-state index contributed by atoms with van der Waals surface area (Å²) in [4.78, 5) is 12.5. The molecule has 5 heteroatoms. The van der Waals surface area contributed by atoms with Gasteiger partial charge in [-0.1, -0.05) is 24.3 Å². The Morgan fingerprint density at radius 3 is 2.21 bits per heavy atom. The molecule has 0 unspecified atom stereocenters. The van der Waals surface area contributed by atoms with Crippen LogP contribution >= 0.6 is 12.2 Å². The van der Waals surface area contributed by atoms with Gasteiger partial charge in [0.15, 0.2) is 10.9 Å². The zero-order valence-electron chi connectivity index (χ0n) is 10.1. The van der Waals surface area contributed by atoms with E-state index in [0.29, 0.717) is 22.5 Å². The third kappa shape index (κ3) is 2.89. The lowest BCUT2D eigenvalue weighted by atomic mass is 10.0. The molecule has 0 radical (unpaired) electrons. The summed E-state index contributed by atoms with van der Waals surface area (Å²) in [5.74, 6) is -0.169. The number of carbonyl (C=O) groups excluding carboxylic acids is 1. The number of nitrogen functional groups attached to an aromatic ring is 1. The molecule has 0 bridgehead atoms. The summed E-state index contributed by atoms with van der Waals surface area (Å²) in [5.41, 5.74) is 13.2. The third-order valence-corrected chi connectivity index (χ3v) is 2.74. The zero-order valence-corrected chi connectivity index (χ0v) is 10.9. The minimum absolute atomic E-state index is 0.112. The van der Waals surface area contributed by atoms with E-state index in [1.54, 1.807) is 48.5 Å². The van der Waals surface area contributed by atoms with Crippen LogP contribution in [-0.4, -0.2) is 10.9 Å². The summed E-state index contributed by atoms with van der Waals surface area (Å²) < 4.78 is 0. The Hall–Kier alpha value is -2.40. The van der Waals surface area contributed by atoms with E-state index in [4.69, 9.17) is 23.7 Å². The van der Waals surface area contributed by atoms with Crippen molar-refractivity contribution in [3.8, 4) is 0 Å². The molecule has 2 rings (SSSR count). The lowest BCUT2D eigenvalue weighted by Crippen LogP contribution is -2.21. The van der Waals surface area contributed by atoms with Crippen molar-refractivity contribution in [2.24, 2.45) is 5.73 Å². The van der Waals surface area contributed by atoms with Crippen LogP contribution in [0.15, 0.2) is 48.5 Å². The smallest absolute Gasteiger partial charge is 0.197 e. The van der Waals surface area contributed by atoms with Crippen LogP contribution in [0.5, 0.6) is 0 Å². The maximum Gasteiger partial charge on any atom is 0.197 e. The molecule has 96 valence electrons. The average Bonchev–Trinajstić information content (AvgIpc) is 2.38. The van der Waals surface area contributed by atoms with Gasteiger partial charge < -0.3 is 16.8 Å². The van der Waals surface area contributed by atoms with Crippen LogP contribution in [0, 0.1) is 0 Å². The second-order valence-electron chi connectivity index (χ2n) is 3.95. The highest BCUT2D eigenvalue weighted by atomic mass is 32.1. The first kappa shape index (κ1) is 13.0. The standard InChI is InChI=1S/C14H13N3OS/c15-11-7-3-1-5-9(11)13(18)10-6-2-4-8-12(10)17-14(16)19/h1-8H,15H2,(H3,16,17,19). The maximum atomic E-state index is 12.5. The normalized spacial score (nSPS) is 9.89. The number of para-hydroxylation sites is 2. The van der Waals surface area contributed by atoms with Gasteiger partial charge in [0.25, 0.3) is 0 Å². The minimum Gasteiger partial charge on any atom is -0.398 e. The minimum atomic E-state index is -0.169. The number of nitrogens with one attached hydrogen (secondary N) is 1. The molecule has 0 aromatic heterocycles. The number of benzene rings is 2. The fraction of sp³-hybridized carbons (Fsp3) is 0. The summed E-state index contributed by atoms with van der Waals surface area (Å²) in [6.07, 6.45) is 0. The molecule has 0 saturated carbocycles. The Morgan fingerprint density at radius 1 is 1.00 bits per heavy atom. The van der Waals surface area contributed by atoms with Crippen LogP contribution in [0.25, 0.3) is 0 Å². The van der Waals surface area contributed by atoms with E-state index in [2.05, 4.69) is 5.32 Å². The first-order chi connectivity index (χ1) is 9.09. The second kappa shape index (κ2) is 5.49. The van der Waals surface area contributed by atoms with Crippen molar-refractivity contribution in [1.29, 1.82) is 0 Å². The van der Waals surface area contributed by atoms with E-state index < -0.39 is 0 Å². The van der Waals surface area contributed by atoms with Gasteiger partial charge in [0.05, 0.1) is 5.69 Å². The first-order valence-corrected chi connectivity index (χ1v) is 6.05. The summed E-state index contributed by atoms with van der Waals surface area (Å²) in [7, 11) is 0. The van der Waals surface area contributed by atoms with Crippen LogP contribution in [-0.2, 0) is 0 Å². The number of hydrogen-bond acceptors (Lipinski definition) is 3. The van der Waals surface area contributed by atoms with Crippen LogP contribution in [0.1, 0.15) is 15.9 Å². The highest BCUT2D eigenvalue weighted by Gasteiger charge is 2.15. The molecule has 0 amide bonds. The van der Waals surface area contributed by atoms with Gasteiger partial charge in [-0.15, -0.1) is 0 Å². The predicted octanol–water partition coefficient (Wildman–Crippen LogP) is 2.16. The zero-order chi connectivity index (χ0) is 13.8. The molecule has 0 atom stereocenters. The lowest BCUT2D eigenvalue weighted by Gasteiger charge is -2.10. The number of thiocarbonyl (C=S) groups is 1. The number of hydrogen-bond donors (Lipinski definition) is 3. The van der Waals surface area contributed by atoms with Crippen molar-refractivity contribution in [2.45, 2.75) is 0 Å². The molecule has 2 aromatic carbocycles. The van der Waals surface area contributed by atoms with Gasteiger partial charge in [-0.25, -0.2) is 0 Å². The topological polar surface area (TPSA) is 81.1 Å². The van der Waals surface area contributed by atoms with Crippen molar-refractivity contribution in [1.82, 2.24) is 0 Å². The van der Waals surface area contributed by atoms with Crippen molar-refractivity contribution >= 4 is 34.5 Å². The third-order valence-electron chi connectivity index (χ3n) is 2.63. The van der Waals surface area contributed by atoms with Crippen molar-refractivity contribution in [3.05, 3.63) is 59.7 Å². The predicted molar refractivity (Wildman–Crippen MR) is 81.1 cm³/mol. The Kier molecular flexibility index (Phi) is 3.77. The molecule has 0 fully saturated rings. The van der Waals surface area contributed by atoms with Gasteiger partial charge in [0.1, 0.15) is 0 Å². The van der Waals surface area contributed by atoms with E-state index in [9.17, 15) is 4.79 Å². The van der Waals surface area contributed by atoms with E-state index in [1.165, 1.54) is 0 Å². The molecule has 19 heavy (non-hydrogen) atoms. The van der Waals surface area contributed by atoms with Gasteiger partial charge in [-0.05, 0) is 36.5 Å². The van der Waals surface area contributed by atoms with Gasteiger partial charge in [-0.2, -0.15) is 0 Å². The Balaban J connectivity index is 2.45. The molecule has 2 aromatic rings. The SMILES string of the molecule is NC(=S)Nc1ccccc1C(=O)c1ccccc1N. The second-order valence-corrected chi connectivity index (χ2v) is 4.39. The monoisotopic (exact) mass is 271 g/mol. The van der Waals surface area contributed by atoms with Crippen LogP contribution in [0.3, 0.4) is 0 Å². The van der Waals surface area contributed by atoms with E-state index in [0.717, 1.165) is 0 Å². The van der Waals surface area contributed by atoms with Gasteiger partial charge in [-0.3, -0.25) is 4.79 Å².